The fraction of sp³-hybridized carbons (Fsp3) is 0.429. The molecule has 0 aromatic heterocycles. The van der Waals surface area contributed by atoms with Crippen LogP contribution in [0.3, 0.4) is 0 Å². The zero-order valence-electron chi connectivity index (χ0n) is 11.5. The molecule has 0 heterocycles. The lowest BCUT2D eigenvalue weighted by molar-refractivity contribution is 0.0526. The molecule has 0 radical (unpaired) electrons. The Balaban J connectivity index is 2.94. The molecule has 19 heavy (non-hydrogen) atoms. The smallest absolute Gasteiger partial charge is 0.338 e. The number of anilines is 2. The number of carbonyl (C=O) groups is 1. The van der Waals surface area contributed by atoms with Crippen LogP contribution in [0.5, 0.6) is 0 Å². The number of nitrogens with zero attached hydrogens (tertiary/aromatic N) is 2. The van der Waals surface area contributed by atoms with Gasteiger partial charge in [-0.3, -0.25) is 0 Å². The van der Waals surface area contributed by atoms with Gasteiger partial charge in [0, 0.05) is 13.1 Å². The third-order valence-electron chi connectivity index (χ3n) is 2.97. The van der Waals surface area contributed by atoms with E-state index >= 15 is 0 Å². The summed E-state index contributed by atoms with van der Waals surface area (Å²) in [4.78, 5) is 13.5. The van der Waals surface area contributed by atoms with Gasteiger partial charge in [0.15, 0.2) is 0 Å². The highest BCUT2D eigenvalue weighted by Crippen LogP contribution is 2.25. The van der Waals surface area contributed by atoms with Crippen molar-refractivity contribution in [2.45, 2.75) is 26.3 Å². The normalized spacial score (nSPS) is 11.5. The summed E-state index contributed by atoms with van der Waals surface area (Å²) in [5.74, 6) is -0.381. The minimum absolute atomic E-state index is 0.0562. The molecule has 0 bridgehead atoms. The van der Waals surface area contributed by atoms with Gasteiger partial charge in [-0.05, 0) is 32.0 Å². The Morgan fingerprint density at radius 1 is 1.58 bits per heavy atom. The van der Waals surface area contributed by atoms with Gasteiger partial charge >= 0.3 is 5.97 Å². The number of esters is 1. The molecule has 1 unspecified atom stereocenters. The fourth-order valence-electron chi connectivity index (χ4n) is 1.72. The van der Waals surface area contributed by atoms with Crippen molar-refractivity contribution < 1.29 is 9.53 Å². The zero-order chi connectivity index (χ0) is 14.4. The van der Waals surface area contributed by atoms with Crippen LogP contribution in [0.1, 0.15) is 30.6 Å². The number of benzene rings is 1. The summed E-state index contributed by atoms with van der Waals surface area (Å²) >= 11 is 0. The van der Waals surface area contributed by atoms with E-state index in [1.807, 2.05) is 18.9 Å². The molecule has 1 rings (SSSR count). The van der Waals surface area contributed by atoms with E-state index in [4.69, 9.17) is 15.7 Å². The lowest BCUT2D eigenvalue weighted by atomic mass is 10.1. The standard InChI is InChI=1S/C14H19N3O2/c1-4-19-14(18)11-5-6-13(12(16)9-11)17(3)10(2)7-8-15/h5-6,9-10H,4,7,16H2,1-3H3. The van der Waals surface area contributed by atoms with Crippen molar-refractivity contribution in [1.29, 1.82) is 5.26 Å². The molecule has 0 aliphatic carbocycles. The number of nitrogen functional groups attached to an aromatic ring is 1. The summed E-state index contributed by atoms with van der Waals surface area (Å²) in [5.41, 5.74) is 7.69. The molecule has 5 nitrogen and oxygen atoms in total. The quantitative estimate of drug-likeness (QED) is 0.649. The average Bonchev–Trinajstić information content (AvgIpc) is 2.38. The maximum atomic E-state index is 11.6. The maximum Gasteiger partial charge on any atom is 0.338 e. The highest BCUT2D eigenvalue weighted by atomic mass is 16.5. The molecule has 0 aliphatic rings. The maximum absolute atomic E-state index is 11.6. The number of rotatable bonds is 5. The Labute approximate surface area is 113 Å². The van der Waals surface area contributed by atoms with Crippen LogP contribution in [0.25, 0.3) is 0 Å². The molecular formula is C14H19N3O2. The van der Waals surface area contributed by atoms with Gasteiger partial charge in [0.25, 0.3) is 0 Å². The third-order valence-corrected chi connectivity index (χ3v) is 2.97. The molecule has 0 spiro atoms. The topological polar surface area (TPSA) is 79.3 Å². The summed E-state index contributed by atoms with van der Waals surface area (Å²) in [5, 5.41) is 8.71. The van der Waals surface area contributed by atoms with E-state index in [0.29, 0.717) is 24.3 Å². The number of ether oxygens (including phenoxy) is 1. The van der Waals surface area contributed by atoms with Crippen LogP contribution in [0.4, 0.5) is 11.4 Å². The lowest BCUT2D eigenvalue weighted by Crippen LogP contribution is -2.29. The molecule has 0 amide bonds. The van der Waals surface area contributed by atoms with E-state index < -0.39 is 0 Å². The SMILES string of the molecule is CCOC(=O)c1ccc(N(C)C(C)CC#N)c(N)c1. The van der Waals surface area contributed by atoms with Crippen molar-refractivity contribution in [3.05, 3.63) is 23.8 Å². The van der Waals surface area contributed by atoms with E-state index in [9.17, 15) is 4.79 Å². The number of nitriles is 1. The lowest BCUT2D eigenvalue weighted by Gasteiger charge is -2.26. The minimum Gasteiger partial charge on any atom is -0.462 e. The molecule has 102 valence electrons. The van der Waals surface area contributed by atoms with Crippen molar-refractivity contribution in [2.75, 3.05) is 24.3 Å². The molecule has 5 heteroatoms. The molecule has 1 atom stereocenters. The largest absolute Gasteiger partial charge is 0.462 e. The summed E-state index contributed by atoms with van der Waals surface area (Å²) in [6.45, 7) is 4.04. The molecular weight excluding hydrogens is 242 g/mol. The summed E-state index contributed by atoms with van der Waals surface area (Å²) in [6.07, 6.45) is 0.412. The van der Waals surface area contributed by atoms with Gasteiger partial charge in [0.2, 0.25) is 0 Å². The predicted molar refractivity (Wildman–Crippen MR) is 74.9 cm³/mol. The summed E-state index contributed by atoms with van der Waals surface area (Å²) < 4.78 is 4.92. The highest BCUT2D eigenvalue weighted by molar-refractivity contribution is 5.92. The first-order valence-corrected chi connectivity index (χ1v) is 6.17. The second kappa shape index (κ2) is 6.64. The van der Waals surface area contributed by atoms with Crippen LogP contribution in [0, 0.1) is 11.3 Å². The number of hydrogen-bond acceptors (Lipinski definition) is 5. The van der Waals surface area contributed by atoms with E-state index in [2.05, 4.69) is 6.07 Å². The van der Waals surface area contributed by atoms with Crippen molar-refractivity contribution in [3.63, 3.8) is 0 Å². The molecule has 0 saturated carbocycles. The predicted octanol–water partition coefficient (Wildman–Crippen LogP) is 2.18. The summed E-state index contributed by atoms with van der Waals surface area (Å²) in [7, 11) is 1.87. The molecule has 0 saturated heterocycles. The Morgan fingerprint density at radius 2 is 2.26 bits per heavy atom. The number of nitrogens with two attached hydrogens (primary N) is 1. The Bertz CT molecular complexity index is 494. The summed E-state index contributed by atoms with van der Waals surface area (Å²) in [6, 6.07) is 7.24. The van der Waals surface area contributed by atoms with Crippen molar-refractivity contribution >= 4 is 17.3 Å². The zero-order valence-corrected chi connectivity index (χ0v) is 11.5. The van der Waals surface area contributed by atoms with Gasteiger partial charge in [0.05, 0.1) is 36.0 Å². The minimum atomic E-state index is -0.381. The first kappa shape index (κ1) is 14.8. The first-order valence-electron chi connectivity index (χ1n) is 6.17. The van der Waals surface area contributed by atoms with Gasteiger partial charge in [-0.25, -0.2) is 4.79 Å². The Hall–Kier alpha value is -2.22. The van der Waals surface area contributed by atoms with E-state index in [1.54, 1.807) is 25.1 Å². The van der Waals surface area contributed by atoms with Crippen molar-refractivity contribution in [3.8, 4) is 6.07 Å². The first-order chi connectivity index (χ1) is 9.01. The van der Waals surface area contributed by atoms with Crippen LogP contribution < -0.4 is 10.6 Å². The molecule has 1 aromatic carbocycles. The van der Waals surface area contributed by atoms with Gasteiger partial charge in [-0.2, -0.15) is 5.26 Å². The molecule has 1 aromatic rings. The van der Waals surface area contributed by atoms with E-state index in [1.165, 1.54) is 0 Å². The van der Waals surface area contributed by atoms with Crippen LogP contribution >= 0.6 is 0 Å². The van der Waals surface area contributed by atoms with Crippen molar-refractivity contribution in [2.24, 2.45) is 0 Å². The second-order valence-electron chi connectivity index (χ2n) is 4.32. The second-order valence-corrected chi connectivity index (χ2v) is 4.32. The van der Waals surface area contributed by atoms with Crippen molar-refractivity contribution in [1.82, 2.24) is 0 Å². The van der Waals surface area contributed by atoms with E-state index in [0.717, 1.165) is 5.69 Å². The Morgan fingerprint density at radius 3 is 2.79 bits per heavy atom. The Kier molecular flexibility index (Phi) is 5.19. The number of hydrogen-bond donors (Lipinski definition) is 1. The number of carbonyl (C=O) groups excluding carboxylic acids is 1. The molecule has 2 N–H and O–H groups in total. The van der Waals surface area contributed by atoms with E-state index in [-0.39, 0.29) is 12.0 Å². The van der Waals surface area contributed by atoms with Gasteiger partial charge in [0.1, 0.15) is 0 Å². The van der Waals surface area contributed by atoms with Crippen LogP contribution in [0.2, 0.25) is 0 Å². The third kappa shape index (κ3) is 3.62. The van der Waals surface area contributed by atoms with Crippen LogP contribution in [-0.2, 0) is 4.74 Å². The average molecular weight is 261 g/mol. The fourth-order valence-corrected chi connectivity index (χ4v) is 1.72. The van der Waals surface area contributed by atoms with Gasteiger partial charge in [-0.15, -0.1) is 0 Å². The molecule has 0 fully saturated rings. The van der Waals surface area contributed by atoms with Gasteiger partial charge in [-0.1, -0.05) is 0 Å². The monoisotopic (exact) mass is 261 g/mol. The highest BCUT2D eigenvalue weighted by Gasteiger charge is 2.14. The molecule has 0 aliphatic heterocycles. The van der Waals surface area contributed by atoms with Crippen LogP contribution in [0.15, 0.2) is 18.2 Å². The van der Waals surface area contributed by atoms with Crippen LogP contribution in [-0.4, -0.2) is 25.7 Å². The van der Waals surface area contributed by atoms with Gasteiger partial charge < -0.3 is 15.4 Å².